The molecule has 0 heterocycles. The minimum Gasteiger partial charge on any atom is -0.482 e. The number of ether oxygens (including phenoxy) is 2. The lowest BCUT2D eigenvalue weighted by atomic mass is 10.1. The van der Waals surface area contributed by atoms with Crippen molar-refractivity contribution in [2.24, 2.45) is 0 Å². The van der Waals surface area contributed by atoms with E-state index in [0.717, 1.165) is 5.56 Å². The number of benzene rings is 3. The van der Waals surface area contributed by atoms with Crippen molar-refractivity contribution in [1.82, 2.24) is 0 Å². The Labute approximate surface area is 174 Å². The van der Waals surface area contributed by atoms with E-state index in [2.05, 4.69) is 31.2 Å². The van der Waals surface area contributed by atoms with Crippen molar-refractivity contribution in [3.8, 4) is 5.75 Å². The zero-order valence-electron chi connectivity index (χ0n) is 15.7. The molecule has 5 heteroatoms. The molecule has 0 aliphatic carbocycles. The molecule has 0 amide bonds. The molecular weight excluding hydrogens is 470 g/mol. The van der Waals surface area contributed by atoms with Gasteiger partial charge in [0.1, 0.15) is 17.7 Å². The maximum Gasteiger partial charge on any atom is 0.357 e. The van der Waals surface area contributed by atoms with Crippen LogP contribution in [-0.2, 0) is 9.53 Å². The first-order valence-electron chi connectivity index (χ1n) is 8.89. The maximum atomic E-state index is 13.0. The molecule has 144 valence electrons. The first kappa shape index (κ1) is 20.3. The molecule has 0 spiro atoms. The van der Waals surface area contributed by atoms with Gasteiger partial charge in [-0.25, -0.2) is 9.18 Å². The summed E-state index contributed by atoms with van der Waals surface area (Å²) >= 11 is -0.234. The molecule has 0 aliphatic heterocycles. The van der Waals surface area contributed by atoms with Crippen molar-refractivity contribution in [1.29, 1.82) is 0 Å². The van der Waals surface area contributed by atoms with Crippen LogP contribution in [0.25, 0.3) is 0 Å². The zero-order chi connectivity index (χ0) is 19.9. The number of hydrogen-bond acceptors (Lipinski definition) is 3. The average Bonchev–Trinajstić information content (AvgIpc) is 2.69. The lowest BCUT2D eigenvalue weighted by molar-refractivity contribution is -0.597. The fourth-order valence-corrected chi connectivity index (χ4v) is 4.65. The second-order valence-electron chi connectivity index (χ2n) is 6.32. The summed E-state index contributed by atoms with van der Waals surface area (Å²) in [6.45, 7) is 3.66. The molecular formula is C23H21FIO3+. The van der Waals surface area contributed by atoms with Gasteiger partial charge < -0.3 is 9.47 Å². The van der Waals surface area contributed by atoms with Gasteiger partial charge in [-0.1, -0.05) is 29.8 Å². The number of hydrogen-bond donors (Lipinski definition) is 0. The van der Waals surface area contributed by atoms with E-state index >= 15 is 0 Å². The van der Waals surface area contributed by atoms with Gasteiger partial charge in [-0.05, 0) is 67.9 Å². The second-order valence-corrected chi connectivity index (χ2v) is 9.35. The first-order chi connectivity index (χ1) is 13.5. The number of halogens is 2. The Kier molecular flexibility index (Phi) is 7.03. The van der Waals surface area contributed by atoms with Gasteiger partial charge in [0.15, 0.2) is 13.7 Å². The molecule has 28 heavy (non-hydrogen) atoms. The fraction of sp³-hybridized carbons (Fsp3) is 0.174. The van der Waals surface area contributed by atoms with Crippen molar-refractivity contribution >= 4 is 5.97 Å². The van der Waals surface area contributed by atoms with Gasteiger partial charge >= 0.3 is 27.2 Å². The molecule has 0 aromatic heterocycles. The fourth-order valence-electron chi connectivity index (χ4n) is 2.49. The lowest BCUT2D eigenvalue weighted by Crippen LogP contribution is -3.61. The van der Waals surface area contributed by atoms with Crippen LogP contribution in [-0.4, -0.2) is 12.6 Å². The Hall–Kier alpha value is -2.41. The Morgan fingerprint density at radius 3 is 2.11 bits per heavy atom. The van der Waals surface area contributed by atoms with Gasteiger partial charge in [0.2, 0.25) is 0 Å². The van der Waals surface area contributed by atoms with E-state index in [0.29, 0.717) is 5.75 Å². The summed E-state index contributed by atoms with van der Waals surface area (Å²) in [6, 6.07) is 22.3. The third-order valence-electron chi connectivity index (χ3n) is 4.05. The molecule has 3 rings (SSSR count). The van der Waals surface area contributed by atoms with Crippen LogP contribution >= 0.6 is 0 Å². The van der Waals surface area contributed by atoms with E-state index in [4.69, 9.17) is 9.47 Å². The van der Waals surface area contributed by atoms with Crippen molar-refractivity contribution in [3.05, 3.63) is 96.9 Å². The molecule has 0 aliphatic rings. The van der Waals surface area contributed by atoms with E-state index in [1.165, 1.54) is 24.8 Å². The predicted octanol–water partition coefficient (Wildman–Crippen LogP) is 1.95. The standard InChI is InChI=1S/C23H21FIO3/c1-16-3-9-20(10-4-16)25-21-11-13-22(14-12-21)27-15-23(26)28-17(2)18-5-7-19(24)8-6-18/h3-14,17H,15H2,1-2H3/q+1. The molecule has 0 N–H and O–H groups in total. The summed E-state index contributed by atoms with van der Waals surface area (Å²) in [5.41, 5.74) is 2.00. The zero-order valence-corrected chi connectivity index (χ0v) is 17.9. The molecule has 1 unspecified atom stereocenters. The Balaban J connectivity index is 1.48. The van der Waals surface area contributed by atoms with Crippen molar-refractivity contribution in [2.45, 2.75) is 20.0 Å². The summed E-state index contributed by atoms with van der Waals surface area (Å²) in [5.74, 6) is -0.158. The van der Waals surface area contributed by atoms with Crippen LogP contribution < -0.4 is 25.9 Å². The molecule has 3 nitrogen and oxygen atoms in total. The number of rotatable bonds is 7. The van der Waals surface area contributed by atoms with Gasteiger partial charge in [0.25, 0.3) is 0 Å². The van der Waals surface area contributed by atoms with E-state index in [9.17, 15) is 9.18 Å². The minimum absolute atomic E-state index is 0.169. The predicted molar refractivity (Wildman–Crippen MR) is 101 cm³/mol. The van der Waals surface area contributed by atoms with Crippen LogP contribution in [0.3, 0.4) is 0 Å². The molecule has 0 fully saturated rings. The van der Waals surface area contributed by atoms with Gasteiger partial charge in [-0.2, -0.15) is 0 Å². The molecule has 1 atom stereocenters. The smallest absolute Gasteiger partial charge is 0.357 e. The molecule has 3 aromatic carbocycles. The Morgan fingerprint density at radius 1 is 0.929 bits per heavy atom. The van der Waals surface area contributed by atoms with Gasteiger partial charge in [-0.15, -0.1) is 0 Å². The second kappa shape index (κ2) is 9.68. The van der Waals surface area contributed by atoms with Crippen LogP contribution in [0.15, 0.2) is 72.8 Å². The van der Waals surface area contributed by atoms with Crippen LogP contribution in [0.2, 0.25) is 0 Å². The van der Waals surface area contributed by atoms with E-state index < -0.39 is 12.1 Å². The Bertz CT molecular complexity index is 906. The van der Waals surface area contributed by atoms with Crippen LogP contribution in [0.1, 0.15) is 24.2 Å². The third-order valence-corrected chi connectivity index (χ3v) is 6.73. The highest BCUT2D eigenvalue weighted by atomic mass is 127. The molecule has 0 saturated heterocycles. The summed E-state index contributed by atoms with van der Waals surface area (Å²) < 4.78 is 26.5. The summed E-state index contributed by atoms with van der Waals surface area (Å²) in [4.78, 5) is 12.0. The molecule has 0 radical (unpaired) electrons. The monoisotopic (exact) mass is 491 g/mol. The van der Waals surface area contributed by atoms with E-state index in [-0.39, 0.29) is 33.6 Å². The highest BCUT2D eigenvalue weighted by Crippen LogP contribution is 2.17. The van der Waals surface area contributed by atoms with Crippen molar-refractivity contribution in [3.63, 3.8) is 0 Å². The summed E-state index contributed by atoms with van der Waals surface area (Å²) in [6.07, 6.45) is -0.460. The third kappa shape index (κ3) is 6.05. The number of aryl methyl sites for hydroxylation is 1. The normalized spacial score (nSPS) is 11.7. The Morgan fingerprint density at radius 2 is 1.50 bits per heavy atom. The van der Waals surface area contributed by atoms with Gasteiger partial charge in [0.05, 0.1) is 0 Å². The van der Waals surface area contributed by atoms with Crippen LogP contribution in [0.4, 0.5) is 4.39 Å². The summed E-state index contributed by atoms with van der Waals surface area (Å²) in [5, 5.41) is 0. The number of carbonyl (C=O) groups excluding carboxylic acids is 1. The number of esters is 1. The molecule has 3 aromatic rings. The van der Waals surface area contributed by atoms with E-state index in [1.807, 2.05) is 24.3 Å². The summed E-state index contributed by atoms with van der Waals surface area (Å²) in [7, 11) is 0. The van der Waals surface area contributed by atoms with Gasteiger partial charge in [0, 0.05) is 0 Å². The first-order valence-corrected chi connectivity index (χ1v) is 11.0. The SMILES string of the molecule is Cc1ccc([I+]c2ccc(OCC(=O)OC(C)c3ccc(F)cc3)cc2)cc1. The van der Waals surface area contributed by atoms with Crippen molar-refractivity contribution in [2.75, 3.05) is 6.61 Å². The highest BCUT2D eigenvalue weighted by molar-refractivity contribution is 5.71. The van der Waals surface area contributed by atoms with Crippen LogP contribution in [0, 0.1) is 19.9 Å². The lowest BCUT2D eigenvalue weighted by Gasteiger charge is -2.14. The average molecular weight is 491 g/mol. The maximum absolute atomic E-state index is 13.0. The van der Waals surface area contributed by atoms with Crippen molar-refractivity contribution < 1.29 is 39.9 Å². The molecule has 0 bridgehead atoms. The highest BCUT2D eigenvalue weighted by Gasteiger charge is 2.16. The van der Waals surface area contributed by atoms with Crippen LogP contribution in [0.5, 0.6) is 5.75 Å². The topological polar surface area (TPSA) is 35.5 Å². The minimum atomic E-state index is -0.465. The quantitative estimate of drug-likeness (QED) is 0.375. The largest absolute Gasteiger partial charge is 0.482 e. The number of carbonyl (C=O) groups is 1. The van der Waals surface area contributed by atoms with E-state index in [1.54, 1.807) is 19.1 Å². The molecule has 0 saturated carbocycles. The van der Waals surface area contributed by atoms with Gasteiger partial charge in [-0.3, -0.25) is 0 Å².